The number of aryl methyl sites for hydroxylation is 1. The number of phosphoric acid groups is 1. The number of unbranched alkanes of at least 4 members (excludes halogenated alkanes) is 3. The molecular formula is C28H44N7O15P. The van der Waals surface area contributed by atoms with E-state index in [0.29, 0.717) is 12.1 Å². The fourth-order valence-electron chi connectivity index (χ4n) is 5.78. The Kier molecular flexibility index (Phi) is 13.4. The lowest BCUT2D eigenvalue weighted by molar-refractivity contribution is -0.288. The molecule has 1 unspecified atom stereocenters. The van der Waals surface area contributed by atoms with Gasteiger partial charge in [0.2, 0.25) is 5.91 Å². The van der Waals surface area contributed by atoms with E-state index in [-0.39, 0.29) is 12.4 Å². The highest BCUT2D eigenvalue weighted by molar-refractivity contribution is 7.47. The third-order valence-corrected chi connectivity index (χ3v) is 9.37. The van der Waals surface area contributed by atoms with Crippen molar-refractivity contribution in [2.75, 3.05) is 12.3 Å². The number of rotatable bonds is 17. The zero-order chi connectivity index (χ0) is 37.7. The summed E-state index contributed by atoms with van der Waals surface area (Å²) in [5, 5.41) is 74.4. The Balaban J connectivity index is 1.48. The third-order valence-electron chi connectivity index (χ3n) is 8.37. The lowest BCUT2D eigenvalue weighted by Gasteiger charge is -2.46. The molecule has 2 aromatic heterocycles. The van der Waals surface area contributed by atoms with Crippen molar-refractivity contribution in [3.63, 3.8) is 0 Å². The minimum atomic E-state index is -5.55. The molecule has 11 atom stereocenters. The van der Waals surface area contributed by atoms with Crippen LogP contribution in [0.25, 0.3) is 0 Å². The maximum Gasteiger partial charge on any atom is 0.475 e. The number of aliphatic hydroxyl groups is 5. The largest absolute Gasteiger partial charge is 0.477 e. The van der Waals surface area contributed by atoms with Crippen LogP contribution in [-0.2, 0) is 45.6 Å². The first kappa shape index (κ1) is 40.4. The van der Waals surface area contributed by atoms with E-state index in [4.69, 9.17) is 24.3 Å². The van der Waals surface area contributed by atoms with E-state index < -0.39 is 99.2 Å². The van der Waals surface area contributed by atoms with E-state index in [1.165, 1.54) is 10.7 Å². The molecule has 10 N–H and O–H groups in total. The number of ether oxygens (including phenoxy) is 2. The lowest BCUT2D eigenvalue weighted by Crippen LogP contribution is -2.67. The quantitative estimate of drug-likeness (QED) is 0.0580. The summed E-state index contributed by atoms with van der Waals surface area (Å²) in [6.45, 7) is 1.75. The van der Waals surface area contributed by atoms with E-state index in [9.17, 15) is 54.5 Å². The number of nitrogens with one attached hydrogen (secondary N) is 1. The number of aliphatic hydroxyl groups excluding tert-OH is 5. The molecular weight excluding hydrogens is 705 g/mol. The van der Waals surface area contributed by atoms with Crippen LogP contribution in [0.4, 0.5) is 5.82 Å². The summed E-state index contributed by atoms with van der Waals surface area (Å²) in [5.41, 5.74) is 5.15. The molecule has 0 aliphatic carbocycles. The number of nitrogens with zero attached hydrogens (tertiary/aromatic N) is 5. The summed E-state index contributed by atoms with van der Waals surface area (Å²) in [4.78, 5) is 50.8. The zero-order valence-corrected chi connectivity index (χ0v) is 28.6. The Hall–Kier alpha value is -3.41. The van der Waals surface area contributed by atoms with Crippen molar-refractivity contribution in [3.05, 3.63) is 34.6 Å². The van der Waals surface area contributed by atoms with Crippen LogP contribution in [0.5, 0.6) is 0 Å². The van der Waals surface area contributed by atoms with Gasteiger partial charge in [-0.05, 0) is 18.9 Å². The Morgan fingerprint density at radius 3 is 2.59 bits per heavy atom. The molecule has 0 saturated carbocycles. The van der Waals surface area contributed by atoms with Crippen molar-refractivity contribution in [1.29, 1.82) is 0 Å². The lowest BCUT2D eigenvalue weighted by atomic mass is 9.88. The van der Waals surface area contributed by atoms with Gasteiger partial charge in [-0.2, -0.15) is 4.98 Å². The number of hydrogen-bond acceptors (Lipinski definition) is 17. The molecule has 2 saturated heterocycles. The van der Waals surface area contributed by atoms with Crippen molar-refractivity contribution in [3.8, 4) is 0 Å². The molecule has 4 rings (SSSR count). The minimum Gasteiger partial charge on any atom is -0.477 e. The van der Waals surface area contributed by atoms with Gasteiger partial charge in [0, 0.05) is 25.7 Å². The van der Waals surface area contributed by atoms with E-state index in [1.807, 2.05) is 0 Å². The van der Waals surface area contributed by atoms with Crippen LogP contribution in [0.3, 0.4) is 0 Å². The standard InChI is InChI=1S/C28H44N7O15P/c1-3-4-5-6-7-15-11-34(33-32-15)12-17(38)21(39)24-20(30-14(2)36)16(37)10-28(49-24,26(42)43)50-51(45,46)47-13-18-22(40)23(41)25(48-18)35-9-8-19(29)31-27(35)44/h8-9,11,16-18,20-25,37-41H,3-7,10,12-13H2,1-2H3,(H,30,36)(H,42,43)(H,45,46)(H2,29,31,44)/t16-,17+,18+,20+,21+,22+,23+,24+,25+,28+/m0/s1. The highest BCUT2D eigenvalue weighted by atomic mass is 31.2. The molecule has 0 aromatic carbocycles. The predicted octanol–water partition coefficient (Wildman–Crippen LogP) is -2.85. The van der Waals surface area contributed by atoms with E-state index in [2.05, 4.69) is 27.5 Å². The van der Waals surface area contributed by atoms with Crippen LogP contribution in [0, 0.1) is 0 Å². The van der Waals surface area contributed by atoms with Crippen molar-refractivity contribution in [2.45, 2.75) is 120 Å². The van der Waals surface area contributed by atoms with Gasteiger partial charge in [0.05, 0.1) is 31.0 Å². The van der Waals surface area contributed by atoms with Crippen LogP contribution in [0.1, 0.15) is 57.9 Å². The average molecular weight is 750 g/mol. The summed E-state index contributed by atoms with van der Waals surface area (Å²) >= 11 is 0. The zero-order valence-electron chi connectivity index (χ0n) is 27.7. The van der Waals surface area contributed by atoms with Crippen molar-refractivity contribution < 1.29 is 68.2 Å². The van der Waals surface area contributed by atoms with Crippen LogP contribution in [-0.4, -0.2) is 133 Å². The highest BCUT2D eigenvalue weighted by Crippen LogP contribution is 2.51. The van der Waals surface area contributed by atoms with E-state index >= 15 is 0 Å². The van der Waals surface area contributed by atoms with Gasteiger partial charge in [-0.3, -0.25) is 13.9 Å². The Morgan fingerprint density at radius 2 is 1.94 bits per heavy atom. The third kappa shape index (κ3) is 9.93. The first-order valence-corrected chi connectivity index (χ1v) is 17.6. The normalized spacial score (nSPS) is 30.4. The second-order valence-corrected chi connectivity index (χ2v) is 13.8. The van der Waals surface area contributed by atoms with Gasteiger partial charge in [0.1, 0.15) is 42.4 Å². The van der Waals surface area contributed by atoms with E-state index in [0.717, 1.165) is 43.4 Å². The molecule has 2 aliphatic heterocycles. The molecule has 51 heavy (non-hydrogen) atoms. The summed E-state index contributed by atoms with van der Waals surface area (Å²) < 4.78 is 35.9. The molecule has 2 aromatic rings. The first-order valence-electron chi connectivity index (χ1n) is 16.1. The molecule has 0 bridgehead atoms. The number of aliphatic carboxylic acids is 1. The summed E-state index contributed by atoms with van der Waals surface area (Å²) in [5.74, 6) is -6.12. The Labute approximate surface area is 290 Å². The highest BCUT2D eigenvalue weighted by Gasteiger charge is 2.59. The minimum absolute atomic E-state index is 0.130. The number of nitrogens with two attached hydrogens (primary N) is 1. The van der Waals surface area contributed by atoms with Gasteiger partial charge in [-0.1, -0.05) is 31.4 Å². The number of carboxylic acids is 1. The molecule has 4 heterocycles. The monoisotopic (exact) mass is 749 g/mol. The topological polar surface area (TPSA) is 333 Å². The van der Waals surface area contributed by atoms with Crippen LogP contribution in [0.15, 0.2) is 23.3 Å². The van der Waals surface area contributed by atoms with Gasteiger partial charge in [-0.15, -0.1) is 5.10 Å². The number of amides is 1. The number of anilines is 1. The van der Waals surface area contributed by atoms with Crippen LogP contribution >= 0.6 is 7.82 Å². The molecule has 22 nitrogen and oxygen atoms in total. The van der Waals surface area contributed by atoms with Gasteiger partial charge in [-0.25, -0.2) is 23.4 Å². The summed E-state index contributed by atoms with van der Waals surface area (Å²) in [7, 11) is -5.55. The molecule has 23 heteroatoms. The predicted molar refractivity (Wildman–Crippen MR) is 169 cm³/mol. The maximum atomic E-state index is 13.1. The second-order valence-electron chi connectivity index (χ2n) is 12.4. The van der Waals surface area contributed by atoms with Gasteiger partial charge in [0.25, 0.3) is 5.79 Å². The number of nitrogen functional groups attached to an aromatic ring is 1. The fraction of sp³-hybridized carbons (Fsp3) is 0.714. The molecule has 0 spiro atoms. The number of carbonyl (C=O) groups is 2. The molecule has 2 aliphatic rings. The SMILES string of the molecule is CCCCCCc1cn(C[C@@H](O)[C@@H](O)[C@@H]2O[C@](OP(=O)(O)OC[C@H]3O[C@@H](n4ccc(N)nc4=O)[C@H](O)[C@@H]3O)(C(=O)O)C[C@H](O)[C@H]2NC(C)=O)nn1. The maximum absolute atomic E-state index is 13.1. The number of phosphoric ester groups is 1. The smallest absolute Gasteiger partial charge is 0.475 e. The number of carboxylic acid groups (broad SMARTS) is 1. The molecule has 286 valence electrons. The molecule has 0 radical (unpaired) electrons. The van der Waals surface area contributed by atoms with Gasteiger partial charge in [0.15, 0.2) is 6.23 Å². The number of aromatic nitrogens is 5. The summed E-state index contributed by atoms with van der Waals surface area (Å²) in [6, 6.07) is -0.327. The number of hydrogen-bond donors (Lipinski definition) is 9. The van der Waals surface area contributed by atoms with Crippen LogP contribution in [0.2, 0.25) is 0 Å². The number of carbonyl (C=O) groups excluding carboxylic acids is 1. The van der Waals surface area contributed by atoms with Gasteiger partial charge >= 0.3 is 19.5 Å². The second kappa shape index (κ2) is 16.9. The van der Waals surface area contributed by atoms with E-state index in [1.54, 1.807) is 6.20 Å². The van der Waals surface area contributed by atoms with Crippen LogP contribution < -0.4 is 16.7 Å². The van der Waals surface area contributed by atoms with Crippen molar-refractivity contribution in [2.24, 2.45) is 0 Å². The molecule has 2 fully saturated rings. The molecule has 1 amide bonds. The van der Waals surface area contributed by atoms with Crippen molar-refractivity contribution >= 4 is 25.5 Å². The first-order chi connectivity index (χ1) is 24.0. The summed E-state index contributed by atoms with van der Waals surface area (Å²) in [6.07, 6.45) is -8.14. The van der Waals surface area contributed by atoms with Crippen molar-refractivity contribution in [1.82, 2.24) is 29.9 Å². The Bertz CT molecular complexity index is 1610. The Morgan fingerprint density at radius 1 is 1.22 bits per heavy atom. The average Bonchev–Trinajstić information content (AvgIpc) is 3.61. The van der Waals surface area contributed by atoms with Gasteiger partial charge < -0.3 is 56.1 Å². The fourth-order valence-corrected chi connectivity index (χ4v) is 6.74.